The number of benzene rings is 2. The number of nitrogens with zero attached hydrogens (tertiary/aromatic N) is 1. The van der Waals surface area contributed by atoms with Gasteiger partial charge in [0.15, 0.2) is 5.43 Å². The highest BCUT2D eigenvalue weighted by molar-refractivity contribution is 6.31. The van der Waals surface area contributed by atoms with E-state index >= 15 is 0 Å². The summed E-state index contributed by atoms with van der Waals surface area (Å²) in [6.07, 6.45) is 0. The Morgan fingerprint density at radius 3 is 2.37 bits per heavy atom. The molecule has 2 aromatic carbocycles. The number of aromatic amines is 1. The van der Waals surface area contributed by atoms with Crippen LogP contribution >= 0.6 is 11.6 Å². The molecule has 0 bridgehead atoms. The fourth-order valence-corrected chi connectivity index (χ4v) is 2.23. The van der Waals surface area contributed by atoms with E-state index in [1.807, 2.05) is 0 Å². The van der Waals surface area contributed by atoms with Gasteiger partial charge in [0.2, 0.25) is 0 Å². The predicted molar refractivity (Wildman–Crippen MR) is 73.7 cm³/mol. The quantitative estimate of drug-likeness (QED) is 0.420. The lowest BCUT2D eigenvalue weighted by atomic mass is 10.1. The van der Waals surface area contributed by atoms with Gasteiger partial charge in [0.1, 0.15) is 0 Å². The lowest BCUT2D eigenvalue weighted by Gasteiger charge is -2.03. The van der Waals surface area contributed by atoms with Gasteiger partial charge in [-0.2, -0.15) is 0 Å². The van der Waals surface area contributed by atoms with Crippen LogP contribution in [-0.2, 0) is 0 Å². The highest BCUT2D eigenvalue weighted by atomic mass is 35.5. The molecule has 1 heterocycles. The lowest BCUT2D eigenvalue weighted by Crippen LogP contribution is -2.04. The maximum Gasteiger partial charge on any atom is 0.271 e. The number of non-ortho nitro benzene ring substituents is 1. The molecule has 0 unspecified atom stereocenters. The topological polar surface area (TPSA) is 76.0 Å². The minimum Gasteiger partial charge on any atom is -0.354 e. The summed E-state index contributed by atoms with van der Waals surface area (Å²) in [6.45, 7) is 0. The van der Waals surface area contributed by atoms with E-state index in [9.17, 15) is 14.9 Å². The molecule has 0 fully saturated rings. The van der Waals surface area contributed by atoms with Crippen molar-refractivity contribution < 1.29 is 4.92 Å². The van der Waals surface area contributed by atoms with Gasteiger partial charge in [0.05, 0.1) is 16.0 Å². The van der Waals surface area contributed by atoms with E-state index in [4.69, 9.17) is 11.6 Å². The fraction of sp³-hybridized carbons (Fsp3) is 0. The molecule has 0 aliphatic rings. The van der Waals surface area contributed by atoms with Gasteiger partial charge >= 0.3 is 0 Å². The highest BCUT2D eigenvalue weighted by Gasteiger charge is 2.10. The molecule has 3 rings (SSSR count). The van der Waals surface area contributed by atoms with E-state index < -0.39 is 4.92 Å². The van der Waals surface area contributed by atoms with Crippen LogP contribution in [0.4, 0.5) is 5.69 Å². The van der Waals surface area contributed by atoms with Crippen molar-refractivity contribution in [2.75, 3.05) is 0 Å². The molecule has 0 aliphatic heterocycles. The first-order valence-electron chi connectivity index (χ1n) is 5.46. The van der Waals surface area contributed by atoms with Gasteiger partial charge in [-0.3, -0.25) is 14.9 Å². The number of rotatable bonds is 1. The average Bonchev–Trinajstić information content (AvgIpc) is 2.37. The molecule has 3 aromatic rings. The smallest absolute Gasteiger partial charge is 0.271 e. The number of pyridine rings is 1. The molecule has 1 aromatic heterocycles. The maximum absolute atomic E-state index is 12.2. The van der Waals surface area contributed by atoms with Crippen LogP contribution in [0.3, 0.4) is 0 Å². The first-order chi connectivity index (χ1) is 9.06. The summed E-state index contributed by atoms with van der Waals surface area (Å²) in [5, 5.41) is 12.2. The van der Waals surface area contributed by atoms with Crippen molar-refractivity contribution in [3.05, 3.63) is 61.8 Å². The maximum atomic E-state index is 12.2. The van der Waals surface area contributed by atoms with Gasteiger partial charge in [-0.05, 0) is 24.3 Å². The molecule has 0 aliphatic carbocycles. The van der Waals surface area contributed by atoms with Crippen LogP contribution in [0.15, 0.2) is 41.2 Å². The third-order valence-electron chi connectivity index (χ3n) is 2.95. The number of aromatic nitrogens is 1. The SMILES string of the molecule is O=c1c2ccc(Cl)cc2[nH]c2cc([N+](=O)[O-])ccc12. The first kappa shape index (κ1) is 11.7. The van der Waals surface area contributed by atoms with E-state index in [2.05, 4.69) is 4.98 Å². The van der Waals surface area contributed by atoms with Crippen molar-refractivity contribution in [1.82, 2.24) is 4.98 Å². The molecule has 0 amide bonds. The zero-order chi connectivity index (χ0) is 13.6. The van der Waals surface area contributed by atoms with Crippen molar-refractivity contribution in [2.24, 2.45) is 0 Å². The Kier molecular flexibility index (Phi) is 2.50. The predicted octanol–water partition coefficient (Wildman–Crippen LogP) is 3.24. The van der Waals surface area contributed by atoms with Gasteiger partial charge in [0, 0.05) is 27.9 Å². The van der Waals surface area contributed by atoms with Crippen LogP contribution in [0, 0.1) is 10.1 Å². The van der Waals surface area contributed by atoms with Crippen molar-refractivity contribution in [3.63, 3.8) is 0 Å². The Bertz CT molecular complexity index is 886. The third-order valence-corrected chi connectivity index (χ3v) is 3.19. The second-order valence-corrected chi connectivity index (χ2v) is 4.57. The fourth-order valence-electron chi connectivity index (χ4n) is 2.06. The zero-order valence-electron chi connectivity index (χ0n) is 9.51. The molecular formula is C13H7ClN2O3. The Hall–Kier alpha value is -2.40. The molecule has 19 heavy (non-hydrogen) atoms. The van der Waals surface area contributed by atoms with E-state index in [0.29, 0.717) is 26.8 Å². The first-order valence-corrected chi connectivity index (χ1v) is 5.84. The average molecular weight is 275 g/mol. The normalized spacial score (nSPS) is 11.0. The Morgan fingerprint density at radius 2 is 1.68 bits per heavy atom. The number of hydrogen-bond donors (Lipinski definition) is 1. The molecule has 0 atom stereocenters. The van der Waals surface area contributed by atoms with Gasteiger partial charge in [-0.1, -0.05) is 11.6 Å². The van der Waals surface area contributed by atoms with Crippen molar-refractivity contribution in [1.29, 1.82) is 0 Å². The molecule has 5 nitrogen and oxygen atoms in total. The number of nitro benzene ring substituents is 1. The van der Waals surface area contributed by atoms with E-state index in [1.54, 1.807) is 18.2 Å². The van der Waals surface area contributed by atoms with Crippen molar-refractivity contribution >= 4 is 39.1 Å². The van der Waals surface area contributed by atoms with Crippen LogP contribution in [0.2, 0.25) is 5.02 Å². The van der Waals surface area contributed by atoms with Crippen LogP contribution < -0.4 is 5.43 Å². The van der Waals surface area contributed by atoms with Gasteiger partial charge < -0.3 is 4.98 Å². The van der Waals surface area contributed by atoms with E-state index in [-0.39, 0.29) is 11.1 Å². The second kappa shape index (κ2) is 4.07. The van der Waals surface area contributed by atoms with Crippen molar-refractivity contribution in [2.45, 2.75) is 0 Å². The Labute approximate surface area is 111 Å². The number of H-pyrrole nitrogens is 1. The Morgan fingerprint density at radius 1 is 1.05 bits per heavy atom. The molecule has 0 radical (unpaired) electrons. The second-order valence-electron chi connectivity index (χ2n) is 4.13. The highest BCUT2D eigenvalue weighted by Crippen LogP contribution is 2.21. The van der Waals surface area contributed by atoms with E-state index in [1.165, 1.54) is 18.2 Å². The van der Waals surface area contributed by atoms with Crippen LogP contribution in [0.5, 0.6) is 0 Å². The van der Waals surface area contributed by atoms with E-state index in [0.717, 1.165) is 0 Å². The summed E-state index contributed by atoms with van der Waals surface area (Å²) >= 11 is 5.87. The summed E-state index contributed by atoms with van der Waals surface area (Å²) in [4.78, 5) is 25.5. The van der Waals surface area contributed by atoms with Gasteiger partial charge in [-0.25, -0.2) is 0 Å². The number of halogens is 1. The van der Waals surface area contributed by atoms with Crippen LogP contribution in [-0.4, -0.2) is 9.91 Å². The van der Waals surface area contributed by atoms with Crippen LogP contribution in [0.25, 0.3) is 21.8 Å². The lowest BCUT2D eigenvalue weighted by molar-refractivity contribution is -0.384. The summed E-state index contributed by atoms with van der Waals surface area (Å²) in [7, 11) is 0. The molecule has 0 saturated carbocycles. The van der Waals surface area contributed by atoms with Gasteiger partial charge in [-0.15, -0.1) is 0 Å². The summed E-state index contributed by atoms with van der Waals surface area (Å²) in [5.74, 6) is 0. The number of hydrogen-bond acceptors (Lipinski definition) is 3. The number of nitro groups is 1. The van der Waals surface area contributed by atoms with Crippen molar-refractivity contribution in [3.8, 4) is 0 Å². The number of fused-ring (bicyclic) bond motifs is 2. The summed E-state index contributed by atoms with van der Waals surface area (Å²) < 4.78 is 0. The number of nitrogens with one attached hydrogen (secondary N) is 1. The standard InChI is InChI=1S/C13H7ClN2O3/c14-7-1-3-9-11(5-7)15-12-6-8(16(18)19)2-4-10(12)13(9)17/h1-6H,(H,15,17). The zero-order valence-corrected chi connectivity index (χ0v) is 10.3. The molecule has 94 valence electrons. The monoisotopic (exact) mass is 274 g/mol. The minimum atomic E-state index is -0.500. The Balaban J connectivity index is 2.46. The molecular weight excluding hydrogens is 268 g/mol. The molecule has 1 N–H and O–H groups in total. The van der Waals surface area contributed by atoms with Crippen LogP contribution in [0.1, 0.15) is 0 Å². The van der Waals surface area contributed by atoms with Gasteiger partial charge in [0.25, 0.3) is 5.69 Å². The largest absolute Gasteiger partial charge is 0.354 e. The molecule has 6 heteroatoms. The summed E-state index contributed by atoms with van der Waals surface area (Å²) in [6, 6.07) is 9.01. The molecule has 0 spiro atoms. The molecule has 0 saturated heterocycles. The summed E-state index contributed by atoms with van der Waals surface area (Å²) in [5.41, 5.74) is 0.749. The minimum absolute atomic E-state index is 0.0653. The third kappa shape index (κ3) is 1.84.